The van der Waals surface area contributed by atoms with Crippen LogP contribution in [0, 0.1) is 5.82 Å². The molecule has 0 radical (unpaired) electrons. The van der Waals surface area contributed by atoms with Crippen molar-refractivity contribution in [2.45, 2.75) is 44.6 Å². The summed E-state index contributed by atoms with van der Waals surface area (Å²) in [4.78, 5) is 16.7. The second-order valence-electron chi connectivity index (χ2n) is 9.02. The Morgan fingerprint density at radius 3 is 2.85 bits per heavy atom. The summed E-state index contributed by atoms with van der Waals surface area (Å²) in [5.41, 5.74) is 3.64. The number of aromatic nitrogens is 4. The minimum atomic E-state index is -1.26. The first-order valence-corrected chi connectivity index (χ1v) is 10.8. The van der Waals surface area contributed by atoms with Gasteiger partial charge in [0.25, 0.3) is 0 Å². The summed E-state index contributed by atoms with van der Waals surface area (Å²) in [7, 11) is 1.43. The number of H-pyrrole nitrogens is 1. The van der Waals surface area contributed by atoms with E-state index in [1.165, 1.54) is 13.2 Å². The number of hydrogen-bond donors (Lipinski definition) is 2. The lowest BCUT2D eigenvalue weighted by Crippen LogP contribution is -2.34. The minimum absolute atomic E-state index is 0.0680. The number of fused-ring (bicyclic) bond motifs is 2. The number of methoxy groups -OCH3 is 1. The SMILES string of the molecule is COc1cc(-n2c(C(C)C)c([C@H]3CO[C@](C)(C(=O)O)C3)c3nc4[nH]ncc4cc32)ccc1F. The van der Waals surface area contributed by atoms with E-state index in [1.54, 1.807) is 25.3 Å². The Bertz CT molecular complexity index is 1390. The van der Waals surface area contributed by atoms with Crippen LogP contribution in [0.25, 0.3) is 27.8 Å². The average Bonchev–Trinajstić information content (AvgIpc) is 3.48. The number of benzene rings is 1. The summed E-state index contributed by atoms with van der Waals surface area (Å²) >= 11 is 0. The molecule has 0 bridgehead atoms. The van der Waals surface area contributed by atoms with Crippen molar-refractivity contribution in [1.82, 2.24) is 19.7 Å². The standard InChI is InChI=1S/C24H25FN4O4/c1-12(2)21-19(14-9-24(3,23(30)31)33-11-14)20-17(7-13-10-26-28-22(13)27-20)29(21)15-5-6-16(25)18(8-15)32-4/h5-8,10,12,14H,9,11H2,1-4H3,(H,30,31)(H,26,27,28)/t14-,24+/m1/s1. The smallest absolute Gasteiger partial charge is 0.335 e. The molecule has 8 nitrogen and oxygen atoms in total. The molecule has 33 heavy (non-hydrogen) atoms. The van der Waals surface area contributed by atoms with Crippen LogP contribution in [0.2, 0.25) is 0 Å². The molecule has 172 valence electrons. The maximum atomic E-state index is 14.2. The zero-order chi connectivity index (χ0) is 23.5. The van der Waals surface area contributed by atoms with E-state index in [9.17, 15) is 14.3 Å². The van der Waals surface area contributed by atoms with Crippen molar-refractivity contribution in [3.63, 3.8) is 0 Å². The molecule has 1 fully saturated rings. The van der Waals surface area contributed by atoms with Crippen LogP contribution < -0.4 is 4.74 Å². The van der Waals surface area contributed by atoms with E-state index in [0.29, 0.717) is 12.1 Å². The van der Waals surface area contributed by atoms with Gasteiger partial charge >= 0.3 is 5.97 Å². The van der Waals surface area contributed by atoms with E-state index in [-0.39, 0.29) is 24.2 Å². The lowest BCUT2D eigenvalue weighted by molar-refractivity contribution is -0.157. The van der Waals surface area contributed by atoms with E-state index in [4.69, 9.17) is 14.5 Å². The number of carbonyl (C=O) groups is 1. The zero-order valence-electron chi connectivity index (χ0n) is 18.8. The fourth-order valence-corrected chi connectivity index (χ4v) is 4.85. The van der Waals surface area contributed by atoms with Crippen LogP contribution in [-0.2, 0) is 9.53 Å². The van der Waals surface area contributed by atoms with E-state index in [1.807, 2.05) is 6.07 Å². The van der Waals surface area contributed by atoms with Crippen molar-refractivity contribution in [3.8, 4) is 11.4 Å². The van der Waals surface area contributed by atoms with Crippen LogP contribution in [0.15, 0.2) is 30.5 Å². The number of rotatable bonds is 5. The van der Waals surface area contributed by atoms with Crippen molar-refractivity contribution in [2.75, 3.05) is 13.7 Å². The monoisotopic (exact) mass is 452 g/mol. The van der Waals surface area contributed by atoms with Gasteiger partial charge in [-0.15, -0.1) is 0 Å². The largest absolute Gasteiger partial charge is 0.494 e. The first kappa shape index (κ1) is 21.4. The van der Waals surface area contributed by atoms with E-state index < -0.39 is 17.4 Å². The van der Waals surface area contributed by atoms with Crippen molar-refractivity contribution < 1.29 is 23.8 Å². The predicted molar refractivity (Wildman–Crippen MR) is 121 cm³/mol. The molecule has 0 unspecified atom stereocenters. The molecule has 2 atom stereocenters. The second-order valence-corrected chi connectivity index (χ2v) is 9.02. The summed E-state index contributed by atoms with van der Waals surface area (Å²) in [6.07, 6.45) is 2.04. The number of ether oxygens (including phenoxy) is 2. The molecule has 5 rings (SSSR count). The summed E-state index contributed by atoms with van der Waals surface area (Å²) in [6, 6.07) is 6.75. The summed E-state index contributed by atoms with van der Waals surface area (Å²) in [6.45, 7) is 6.04. The molecule has 1 aliphatic heterocycles. The third-order valence-electron chi connectivity index (χ3n) is 6.46. The van der Waals surface area contributed by atoms with Crippen LogP contribution >= 0.6 is 0 Å². The Labute approximate surface area is 189 Å². The van der Waals surface area contributed by atoms with Gasteiger partial charge in [0.2, 0.25) is 0 Å². The maximum Gasteiger partial charge on any atom is 0.335 e. The molecule has 3 aromatic heterocycles. The van der Waals surface area contributed by atoms with Gasteiger partial charge in [-0.05, 0) is 37.5 Å². The number of hydrogen-bond acceptors (Lipinski definition) is 5. The van der Waals surface area contributed by atoms with Crippen molar-refractivity contribution in [3.05, 3.63) is 47.5 Å². The molecule has 4 heterocycles. The Hall–Kier alpha value is -3.46. The molecule has 4 aromatic rings. The number of aliphatic carboxylic acids is 1. The van der Waals surface area contributed by atoms with Gasteiger partial charge in [-0.1, -0.05) is 13.8 Å². The fraction of sp³-hybridized carbons (Fsp3) is 0.375. The highest BCUT2D eigenvalue weighted by Gasteiger charge is 2.45. The lowest BCUT2D eigenvalue weighted by atomic mass is 9.88. The number of aromatic amines is 1. The minimum Gasteiger partial charge on any atom is -0.494 e. The predicted octanol–water partition coefficient (Wildman–Crippen LogP) is 4.52. The Morgan fingerprint density at radius 2 is 2.18 bits per heavy atom. The molecule has 0 amide bonds. The Morgan fingerprint density at radius 1 is 1.39 bits per heavy atom. The summed E-state index contributed by atoms with van der Waals surface area (Å²) in [5.74, 6) is -1.38. The first-order valence-electron chi connectivity index (χ1n) is 10.8. The number of nitrogens with one attached hydrogen (secondary N) is 1. The van der Waals surface area contributed by atoms with Gasteiger partial charge in [-0.2, -0.15) is 5.10 Å². The third-order valence-corrected chi connectivity index (χ3v) is 6.46. The molecule has 1 aromatic carbocycles. The van der Waals surface area contributed by atoms with Gasteiger partial charge < -0.3 is 19.1 Å². The van der Waals surface area contributed by atoms with Crippen LogP contribution in [0.5, 0.6) is 5.75 Å². The van der Waals surface area contributed by atoms with Gasteiger partial charge in [0.1, 0.15) is 0 Å². The van der Waals surface area contributed by atoms with Gasteiger partial charge in [-0.25, -0.2) is 14.2 Å². The van der Waals surface area contributed by atoms with Crippen molar-refractivity contribution >= 4 is 28.0 Å². The number of halogens is 1. The molecule has 2 N–H and O–H groups in total. The number of pyridine rings is 1. The normalized spacial score (nSPS) is 20.8. The topological polar surface area (TPSA) is 102 Å². The molecular formula is C24H25FN4O4. The van der Waals surface area contributed by atoms with E-state index in [0.717, 1.165) is 33.4 Å². The Kier molecular flexibility index (Phi) is 4.89. The van der Waals surface area contributed by atoms with Crippen LogP contribution in [0.3, 0.4) is 0 Å². The van der Waals surface area contributed by atoms with Crippen LogP contribution in [0.1, 0.15) is 50.3 Å². The highest BCUT2D eigenvalue weighted by Crippen LogP contribution is 2.45. The molecule has 9 heteroatoms. The van der Waals surface area contributed by atoms with Gasteiger partial charge in [0.15, 0.2) is 22.8 Å². The van der Waals surface area contributed by atoms with Crippen molar-refractivity contribution in [2.24, 2.45) is 0 Å². The van der Waals surface area contributed by atoms with Gasteiger partial charge in [0, 0.05) is 34.3 Å². The lowest BCUT2D eigenvalue weighted by Gasteiger charge is -2.19. The fourth-order valence-electron chi connectivity index (χ4n) is 4.85. The van der Waals surface area contributed by atoms with E-state index >= 15 is 0 Å². The molecule has 0 saturated carbocycles. The highest BCUT2D eigenvalue weighted by atomic mass is 19.1. The van der Waals surface area contributed by atoms with Gasteiger partial charge in [-0.3, -0.25) is 5.10 Å². The van der Waals surface area contributed by atoms with Crippen LogP contribution in [-0.4, -0.2) is 50.1 Å². The quantitative estimate of drug-likeness (QED) is 0.462. The van der Waals surface area contributed by atoms with Crippen LogP contribution in [0.4, 0.5) is 4.39 Å². The second kappa shape index (κ2) is 7.55. The zero-order valence-corrected chi connectivity index (χ0v) is 18.8. The molecule has 1 aliphatic rings. The summed E-state index contributed by atoms with van der Waals surface area (Å²) < 4.78 is 27.3. The number of nitrogens with zero attached hydrogens (tertiary/aromatic N) is 3. The highest BCUT2D eigenvalue weighted by molar-refractivity contribution is 5.94. The number of carboxylic acids is 1. The number of carboxylic acid groups (broad SMARTS) is 1. The van der Waals surface area contributed by atoms with Gasteiger partial charge in [0.05, 0.1) is 30.9 Å². The molecular weight excluding hydrogens is 427 g/mol. The molecule has 0 spiro atoms. The summed E-state index contributed by atoms with van der Waals surface area (Å²) in [5, 5.41) is 17.6. The average molecular weight is 452 g/mol. The Balaban J connectivity index is 1.83. The van der Waals surface area contributed by atoms with Crippen molar-refractivity contribution in [1.29, 1.82) is 0 Å². The molecule has 1 saturated heterocycles. The first-order chi connectivity index (χ1) is 15.7. The maximum absolute atomic E-state index is 14.2. The third kappa shape index (κ3) is 3.26. The molecule has 0 aliphatic carbocycles. The van der Waals surface area contributed by atoms with E-state index in [2.05, 4.69) is 28.6 Å².